The predicted molar refractivity (Wildman–Crippen MR) is 93.8 cm³/mol. The number of halogens is 2. The molecule has 0 aliphatic rings. The smallest absolute Gasteiger partial charge is 0.259 e. The number of benzene rings is 2. The maximum absolute atomic E-state index is 12.2. The normalized spacial score (nSPS) is 10.2. The number of phenolic OH excluding ortho intramolecular Hbond substituents is 1. The zero-order valence-corrected chi connectivity index (χ0v) is 14.5. The molecule has 0 atom stereocenters. The van der Waals surface area contributed by atoms with Crippen LogP contribution in [0.3, 0.4) is 0 Å². The lowest BCUT2D eigenvalue weighted by Gasteiger charge is -2.10. The average Bonchev–Trinajstić information content (AvgIpc) is 2.43. The molecule has 108 valence electrons. The summed E-state index contributed by atoms with van der Waals surface area (Å²) < 4.78 is 1.35. The maximum atomic E-state index is 12.2. The third-order valence-electron chi connectivity index (χ3n) is 2.71. The Morgan fingerprint density at radius 3 is 2.52 bits per heavy atom. The molecule has 2 rings (SSSR count). The van der Waals surface area contributed by atoms with Crippen molar-refractivity contribution in [2.45, 2.75) is 0 Å². The van der Waals surface area contributed by atoms with Crippen molar-refractivity contribution in [1.82, 2.24) is 0 Å². The Balaban J connectivity index is 2.27. The molecule has 0 aliphatic carbocycles. The minimum absolute atomic E-state index is 0.0911. The molecule has 1 amide bonds. The van der Waals surface area contributed by atoms with Crippen LogP contribution in [-0.2, 0) is 0 Å². The maximum Gasteiger partial charge on any atom is 0.259 e. The van der Waals surface area contributed by atoms with E-state index in [2.05, 4.69) is 37.2 Å². The molecule has 4 nitrogen and oxygen atoms in total. The molecule has 0 bridgehead atoms. The van der Waals surface area contributed by atoms with E-state index in [1.165, 1.54) is 6.07 Å². The molecule has 0 unspecified atom stereocenters. The first-order valence-electron chi connectivity index (χ1n) is 5.77. The Bertz CT molecular complexity index is 735. The zero-order chi connectivity index (χ0) is 15.6. The monoisotopic (exact) mass is 428 g/mol. The van der Waals surface area contributed by atoms with E-state index < -0.39 is 5.91 Å². The Hall–Kier alpha value is -1.44. The summed E-state index contributed by atoms with van der Waals surface area (Å²) in [5.74, 6) is -0.510. The quantitative estimate of drug-likeness (QED) is 0.648. The lowest BCUT2D eigenvalue weighted by Crippen LogP contribution is -2.14. The first-order valence-corrected chi connectivity index (χ1v) is 7.77. The van der Waals surface area contributed by atoms with E-state index >= 15 is 0 Å². The van der Waals surface area contributed by atoms with Crippen LogP contribution in [0.15, 0.2) is 45.3 Å². The van der Waals surface area contributed by atoms with Crippen molar-refractivity contribution in [3.63, 3.8) is 0 Å². The van der Waals surface area contributed by atoms with Crippen molar-refractivity contribution in [3.05, 3.63) is 56.5 Å². The molecule has 0 aromatic heterocycles. The van der Waals surface area contributed by atoms with Crippen molar-refractivity contribution in [2.24, 2.45) is 5.73 Å². The minimum Gasteiger partial charge on any atom is -0.507 e. The summed E-state index contributed by atoms with van der Waals surface area (Å²) in [6.45, 7) is 0. The van der Waals surface area contributed by atoms with Gasteiger partial charge in [-0.1, -0.05) is 28.1 Å². The number of nitrogens with one attached hydrogen (secondary N) is 1. The summed E-state index contributed by atoms with van der Waals surface area (Å²) in [4.78, 5) is 12.5. The van der Waals surface area contributed by atoms with Gasteiger partial charge in [-0.3, -0.25) is 4.79 Å². The fourth-order valence-electron chi connectivity index (χ4n) is 1.65. The molecule has 7 heteroatoms. The van der Waals surface area contributed by atoms with E-state index in [4.69, 9.17) is 18.0 Å². The summed E-state index contributed by atoms with van der Waals surface area (Å²) in [5, 5.41) is 12.5. The molecule has 0 spiro atoms. The first kappa shape index (κ1) is 15.9. The highest BCUT2D eigenvalue weighted by molar-refractivity contribution is 9.10. The number of hydrogen-bond acceptors (Lipinski definition) is 3. The molecule has 2 aromatic carbocycles. The third-order valence-corrected chi connectivity index (χ3v) is 4.09. The van der Waals surface area contributed by atoms with Crippen LogP contribution < -0.4 is 11.1 Å². The Morgan fingerprint density at radius 1 is 1.19 bits per heavy atom. The average molecular weight is 430 g/mol. The number of hydrogen-bond donors (Lipinski definition) is 3. The molecule has 0 aliphatic heterocycles. The summed E-state index contributed by atoms with van der Waals surface area (Å²) in [6, 6.07) is 9.76. The molecule has 0 fully saturated rings. The Kier molecular flexibility index (Phi) is 4.97. The molecule has 0 radical (unpaired) electrons. The van der Waals surface area contributed by atoms with Gasteiger partial charge in [-0.2, -0.15) is 0 Å². The lowest BCUT2D eigenvalue weighted by atomic mass is 10.1. The van der Waals surface area contributed by atoms with Crippen LogP contribution in [-0.4, -0.2) is 16.0 Å². The summed E-state index contributed by atoms with van der Waals surface area (Å²) in [7, 11) is 0. The topological polar surface area (TPSA) is 75.3 Å². The first-order chi connectivity index (χ1) is 9.88. The summed E-state index contributed by atoms with van der Waals surface area (Å²) >= 11 is 11.5. The van der Waals surface area contributed by atoms with Crippen LogP contribution in [0.25, 0.3) is 0 Å². The molecule has 0 saturated carbocycles. The van der Waals surface area contributed by atoms with Crippen LogP contribution in [0.1, 0.15) is 15.9 Å². The summed E-state index contributed by atoms with van der Waals surface area (Å²) in [6.07, 6.45) is 0. The van der Waals surface area contributed by atoms with Gasteiger partial charge in [-0.25, -0.2) is 0 Å². The van der Waals surface area contributed by atoms with Gasteiger partial charge in [-0.15, -0.1) is 0 Å². The van der Waals surface area contributed by atoms with Crippen molar-refractivity contribution in [1.29, 1.82) is 0 Å². The van der Waals surface area contributed by atoms with Gasteiger partial charge in [0.25, 0.3) is 5.91 Å². The highest BCUT2D eigenvalue weighted by Crippen LogP contribution is 2.27. The molecular weight excluding hydrogens is 420 g/mol. The molecule has 0 heterocycles. The minimum atomic E-state index is -0.419. The van der Waals surface area contributed by atoms with Crippen LogP contribution in [0.4, 0.5) is 5.69 Å². The molecule has 4 N–H and O–H groups in total. The number of anilines is 1. The van der Waals surface area contributed by atoms with Crippen molar-refractivity contribution in [3.8, 4) is 5.75 Å². The number of carbonyl (C=O) groups is 1. The van der Waals surface area contributed by atoms with Gasteiger partial charge in [0, 0.05) is 14.5 Å². The van der Waals surface area contributed by atoms with E-state index in [1.807, 2.05) is 0 Å². The molecular formula is C14H10Br2N2O2S. The van der Waals surface area contributed by atoms with Gasteiger partial charge >= 0.3 is 0 Å². The Labute approximate surface area is 143 Å². The van der Waals surface area contributed by atoms with Gasteiger partial charge in [0.15, 0.2) is 0 Å². The SMILES string of the molecule is NC(=S)c1ccc(NC(=O)c2cc(Br)ccc2O)c(Br)c1. The van der Waals surface area contributed by atoms with Crippen LogP contribution in [0.2, 0.25) is 0 Å². The van der Waals surface area contributed by atoms with E-state index in [0.29, 0.717) is 20.2 Å². The van der Waals surface area contributed by atoms with Gasteiger partial charge in [0.05, 0.1) is 11.3 Å². The van der Waals surface area contributed by atoms with Crippen molar-refractivity contribution < 1.29 is 9.90 Å². The van der Waals surface area contributed by atoms with Crippen LogP contribution in [0.5, 0.6) is 5.75 Å². The van der Waals surface area contributed by atoms with E-state index in [0.717, 1.165) is 0 Å². The number of amides is 1. The van der Waals surface area contributed by atoms with E-state index in [-0.39, 0.29) is 16.3 Å². The zero-order valence-electron chi connectivity index (χ0n) is 10.6. The second-order valence-electron chi connectivity index (χ2n) is 4.17. The van der Waals surface area contributed by atoms with E-state index in [1.54, 1.807) is 30.3 Å². The third kappa shape index (κ3) is 3.81. The standard InChI is InChI=1S/C14H10Br2N2O2S/c15-8-2-4-12(19)9(6-8)14(20)18-11-3-1-7(13(17)21)5-10(11)16/h1-6,19H,(H2,17,21)(H,18,20). The largest absolute Gasteiger partial charge is 0.507 e. The van der Waals surface area contributed by atoms with Gasteiger partial charge in [0.2, 0.25) is 0 Å². The highest BCUT2D eigenvalue weighted by atomic mass is 79.9. The number of thiocarbonyl (C=S) groups is 1. The van der Waals surface area contributed by atoms with Gasteiger partial charge < -0.3 is 16.2 Å². The van der Waals surface area contributed by atoms with E-state index in [9.17, 15) is 9.90 Å². The van der Waals surface area contributed by atoms with Crippen molar-refractivity contribution in [2.75, 3.05) is 5.32 Å². The van der Waals surface area contributed by atoms with Crippen molar-refractivity contribution >= 4 is 60.7 Å². The predicted octanol–water partition coefficient (Wildman–Crippen LogP) is 3.80. The second kappa shape index (κ2) is 6.55. The fraction of sp³-hybridized carbons (Fsp3) is 0. The Morgan fingerprint density at radius 2 is 1.90 bits per heavy atom. The number of phenols is 1. The van der Waals surface area contributed by atoms with Crippen LogP contribution in [0, 0.1) is 0 Å². The lowest BCUT2D eigenvalue weighted by molar-refractivity contribution is 0.102. The number of aromatic hydroxyl groups is 1. The highest BCUT2D eigenvalue weighted by Gasteiger charge is 2.13. The summed E-state index contributed by atoms with van der Waals surface area (Å²) in [5.41, 5.74) is 6.97. The second-order valence-corrected chi connectivity index (χ2v) is 6.38. The number of nitrogens with two attached hydrogens (primary N) is 1. The fourth-order valence-corrected chi connectivity index (χ4v) is 2.62. The van der Waals surface area contributed by atoms with Crippen LogP contribution >= 0.6 is 44.1 Å². The van der Waals surface area contributed by atoms with Gasteiger partial charge in [-0.05, 0) is 52.3 Å². The number of rotatable bonds is 3. The van der Waals surface area contributed by atoms with Gasteiger partial charge in [0.1, 0.15) is 10.7 Å². The molecule has 0 saturated heterocycles. The molecule has 2 aromatic rings. The molecule has 21 heavy (non-hydrogen) atoms. The number of carbonyl (C=O) groups excluding carboxylic acids is 1.